The molecule has 1 atom stereocenters. The summed E-state index contributed by atoms with van der Waals surface area (Å²) in [6.45, 7) is 9.34. The summed E-state index contributed by atoms with van der Waals surface area (Å²) in [6, 6.07) is 7.40. The van der Waals surface area contributed by atoms with Crippen molar-refractivity contribution in [3.05, 3.63) is 47.5 Å². The van der Waals surface area contributed by atoms with E-state index >= 15 is 0 Å². The van der Waals surface area contributed by atoms with Gasteiger partial charge in [-0.1, -0.05) is 39.0 Å². The number of aromatic nitrogens is 2. The van der Waals surface area contributed by atoms with Crippen LogP contribution in [0.3, 0.4) is 0 Å². The van der Waals surface area contributed by atoms with Gasteiger partial charge in [-0.3, -0.25) is 14.4 Å². The first kappa shape index (κ1) is 25.3. The Bertz CT molecular complexity index is 1050. The highest BCUT2D eigenvalue weighted by atomic mass is 16.5. The van der Waals surface area contributed by atoms with Gasteiger partial charge in [-0.2, -0.15) is 0 Å². The van der Waals surface area contributed by atoms with Gasteiger partial charge in [0.2, 0.25) is 5.91 Å². The highest BCUT2D eigenvalue weighted by Gasteiger charge is 2.48. The molecule has 1 aliphatic rings. The average molecular weight is 470 g/mol. The SMILES string of the molecule is CCCN1C(=O)c2c(C(=O)NCc3ccccc3OC)ncn2C[C@]1(C)C(=O)NCCC(C)C. The molecule has 0 saturated carbocycles. The molecular weight excluding hydrogens is 434 g/mol. The van der Waals surface area contributed by atoms with Crippen molar-refractivity contribution in [1.29, 1.82) is 0 Å². The minimum atomic E-state index is -1.07. The first-order chi connectivity index (χ1) is 16.2. The van der Waals surface area contributed by atoms with Crippen molar-refractivity contribution in [3.63, 3.8) is 0 Å². The molecule has 9 nitrogen and oxygen atoms in total. The third-order valence-electron chi connectivity index (χ3n) is 6.15. The van der Waals surface area contributed by atoms with Crippen molar-refractivity contribution in [2.45, 2.75) is 59.2 Å². The molecule has 0 aliphatic carbocycles. The van der Waals surface area contributed by atoms with Crippen LogP contribution in [0.15, 0.2) is 30.6 Å². The summed E-state index contributed by atoms with van der Waals surface area (Å²) < 4.78 is 6.95. The zero-order valence-corrected chi connectivity index (χ0v) is 20.7. The molecule has 184 valence electrons. The van der Waals surface area contributed by atoms with E-state index in [9.17, 15) is 14.4 Å². The summed E-state index contributed by atoms with van der Waals surface area (Å²) in [7, 11) is 1.57. The molecule has 0 radical (unpaired) electrons. The van der Waals surface area contributed by atoms with Gasteiger partial charge in [0.05, 0.1) is 20.0 Å². The number of carbonyl (C=O) groups excluding carboxylic acids is 3. The minimum absolute atomic E-state index is 0.0586. The maximum absolute atomic E-state index is 13.6. The fourth-order valence-electron chi connectivity index (χ4n) is 4.20. The van der Waals surface area contributed by atoms with Gasteiger partial charge in [0.25, 0.3) is 11.8 Å². The van der Waals surface area contributed by atoms with E-state index in [1.165, 1.54) is 6.33 Å². The smallest absolute Gasteiger partial charge is 0.273 e. The first-order valence-electron chi connectivity index (χ1n) is 11.8. The summed E-state index contributed by atoms with van der Waals surface area (Å²) in [4.78, 5) is 45.5. The molecule has 3 rings (SSSR count). The van der Waals surface area contributed by atoms with E-state index in [1.807, 2.05) is 31.2 Å². The first-order valence-corrected chi connectivity index (χ1v) is 11.8. The maximum Gasteiger partial charge on any atom is 0.273 e. The van der Waals surface area contributed by atoms with Gasteiger partial charge in [0.1, 0.15) is 17.0 Å². The quantitative estimate of drug-likeness (QED) is 0.557. The molecule has 34 heavy (non-hydrogen) atoms. The van der Waals surface area contributed by atoms with Crippen molar-refractivity contribution in [2.75, 3.05) is 20.2 Å². The summed E-state index contributed by atoms with van der Waals surface area (Å²) in [5.41, 5.74) is 0.0147. The van der Waals surface area contributed by atoms with Crippen LogP contribution in [0.5, 0.6) is 5.75 Å². The number of para-hydroxylation sites is 1. The molecule has 2 aromatic rings. The second-order valence-corrected chi connectivity index (χ2v) is 9.23. The lowest BCUT2D eigenvalue weighted by Crippen LogP contribution is -2.64. The number of nitrogens with zero attached hydrogens (tertiary/aromatic N) is 3. The van der Waals surface area contributed by atoms with E-state index in [0.29, 0.717) is 31.2 Å². The van der Waals surface area contributed by atoms with E-state index in [4.69, 9.17) is 4.74 Å². The largest absolute Gasteiger partial charge is 0.496 e. The van der Waals surface area contributed by atoms with Gasteiger partial charge < -0.3 is 24.8 Å². The van der Waals surface area contributed by atoms with Crippen molar-refractivity contribution in [1.82, 2.24) is 25.1 Å². The number of nitrogens with one attached hydrogen (secondary N) is 2. The van der Waals surface area contributed by atoms with Gasteiger partial charge in [-0.15, -0.1) is 0 Å². The van der Waals surface area contributed by atoms with Crippen molar-refractivity contribution < 1.29 is 19.1 Å². The number of ether oxygens (including phenoxy) is 1. The lowest BCUT2D eigenvalue weighted by atomic mass is 9.93. The third-order valence-corrected chi connectivity index (χ3v) is 6.15. The van der Waals surface area contributed by atoms with Gasteiger partial charge in [0.15, 0.2) is 5.69 Å². The molecular formula is C25H35N5O4. The molecule has 1 aromatic carbocycles. The molecule has 2 N–H and O–H groups in total. The number of amides is 3. The van der Waals surface area contributed by atoms with Crippen LogP contribution in [-0.2, 0) is 17.9 Å². The summed E-state index contributed by atoms with van der Waals surface area (Å²) >= 11 is 0. The molecule has 0 unspecified atom stereocenters. The maximum atomic E-state index is 13.6. The predicted molar refractivity (Wildman–Crippen MR) is 129 cm³/mol. The monoisotopic (exact) mass is 469 g/mol. The number of carbonyl (C=O) groups is 3. The number of hydrogen-bond acceptors (Lipinski definition) is 5. The Morgan fingerprint density at radius 1 is 1.24 bits per heavy atom. The number of fused-ring (bicyclic) bond motifs is 1. The topological polar surface area (TPSA) is 106 Å². The van der Waals surface area contributed by atoms with Crippen LogP contribution in [0.2, 0.25) is 0 Å². The van der Waals surface area contributed by atoms with Crippen LogP contribution < -0.4 is 15.4 Å². The second kappa shape index (κ2) is 10.7. The van der Waals surface area contributed by atoms with Crippen LogP contribution in [0.25, 0.3) is 0 Å². The fraction of sp³-hybridized carbons (Fsp3) is 0.520. The predicted octanol–water partition coefficient (Wildman–Crippen LogP) is 2.61. The Balaban J connectivity index is 1.82. The number of hydrogen-bond donors (Lipinski definition) is 2. The van der Waals surface area contributed by atoms with E-state index in [0.717, 1.165) is 12.0 Å². The lowest BCUT2D eigenvalue weighted by Gasteiger charge is -2.43. The Labute approximate surface area is 200 Å². The zero-order chi connectivity index (χ0) is 24.9. The van der Waals surface area contributed by atoms with Gasteiger partial charge in [-0.05, 0) is 31.7 Å². The molecule has 0 bridgehead atoms. The van der Waals surface area contributed by atoms with E-state index in [-0.39, 0.29) is 36.3 Å². The van der Waals surface area contributed by atoms with Gasteiger partial charge >= 0.3 is 0 Å². The molecule has 1 aliphatic heterocycles. The number of benzene rings is 1. The van der Waals surface area contributed by atoms with Crippen LogP contribution in [-0.4, -0.2) is 57.9 Å². The Kier molecular flexibility index (Phi) is 7.96. The molecule has 1 aromatic heterocycles. The third kappa shape index (κ3) is 5.08. The Hall–Kier alpha value is -3.36. The van der Waals surface area contributed by atoms with Crippen molar-refractivity contribution in [2.24, 2.45) is 5.92 Å². The summed E-state index contributed by atoms with van der Waals surface area (Å²) in [5.74, 6) is 0.115. The molecule has 0 fully saturated rings. The highest BCUT2D eigenvalue weighted by Crippen LogP contribution is 2.29. The second-order valence-electron chi connectivity index (χ2n) is 9.23. The molecule has 9 heteroatoms. The number of rotatable bonds is 10. The van der Waals surface area contributed by atoms with Gasteiger partial charge in [-0.25, -0.2) is 4.98 Å². The standard InChI is InChI=1S/C25H35N5O4/c1-6-13-30-23(32)21-20(22(31)27-14-18-9-7-8-10-19(18)34-5)28-16-29(21)15-25(30,4)24(33)26-12-11-17(2)3/h7-10,16-17H,6,11-15H2,1-5H3,(H,26,33)(H,27,31)/t25-/m1/s1. The number of methoxy groups -OCH3 is 1. The lowest BCUT2D eigenvalue weighted by molar-refractivity contribution is -0.132. The van der Waals surface area contributed by atoms with Crippen LogP contribution >= 0.6 is 0 Å². The number of imidazole rings is 1. The highest BCUT2D eigenvalue weighted by molar-refractivity contribution is 6.07. The van der Waals surface area contributed by atoms with Crippen LogP contribution in [0, 0.1) is 5.92 Å². The van der Waals surface area contributed by atoms with E-state index in [1.54, 1.807) is 23.5 Å². The van der Waals surface area contributed by atoms with Crippen molar-refractivity contribution in [3.8, 4) is 5.75 Å². The molecule has 0 spiro atoms. The van der Waals surface area contributed by atoms with E-state index in [2.05, 4.69) is 29.5 Å². The average Bonchev–Trinajstić information content (AvgIpc) is 3.23. The molecule has 2 heterocycles. The molecule has 0 saturated heterocycles. The van der Waals surface area contributed by atoms with Crippen molar-refractivity contribution >= 4 is 17.7 Å². The van der Waals surface area contributed by atoms with Crippen LogP contribution in [0.1, 0.15) is 67.1 Å². The van der Waals surface area contributed by atoms with E-state index < -0.39 is 11.4 Å². The fourth-order valence-corrected chi connectivity index (χ4v) is 4.20. The zero-order valence-electron chi connectivity index (χ0n) is 20.7. The normalized spacial score (nSPS) is 17.5. The van der Waals surface area contributed by atoms with Crippen LogP contribution in [0.4, 0.5) is 0 Å². The Morgan fingerprint density at radius 2 is 1.97 bits per heavy atom. The summed E-state index contributed by atoms with van der Waals surface area (Å²) in [5, 5.41) is 5.82. The molecule has 3 amide bonds. The summed E-state index contributed by atoms with van der Waals surface area (Å²) in [6.07, 6.45) is 3.01. The minimum Gasteiger partial charge on any atom is -0.496 e. The Morgan fingerprint density at radius 3 is 2.65 bits per heavy atom. The van der Waals surface area contributed by atoms with Gasteiger partial charge in [0, 0.05) is 25.2 Å².